The molecule has 3 aromatic carbocycles. The minimum absolute atomic E-state index is 0.00755. The maximum atomic E-state index is 14.2. The lowest BCUT2D eigenvalue weighted by Crippen LogP contribution is -2.53. The molecule has 2 amide bonds. The molecule has 0 unspecified atom stereocenters. The van der Waals surface area contributed by atoms with Crippen LogP contribution in [0.15, 0.2) is 71.6 Å². The van der Waals surface area contributed by atoms with Crippen LogP contribution in [0.4, 0.5) is 10.1 Å². The first-order chi connectivity index (χ1) is 21.0. The highest BCUT2D eigenvalue weighted by Gasteiger charge is 2.35. The average Bonchev–Trinajstić information content (AvgIpc) is 3.51. The van der Waals surface area contributed by atoms with Gasteiger partial charge in [0.15, 0.2) is 0 Å². The van der Waals surface area contributed by atoms with E-state index in [4.69, 9.17) is 27.9 Å². The van der Waals surface area contributed by atoms with Crippen LogP contribution >= 0.6 is 23.2 Å². The van der Waals surface area contributed by atoms with Crippen molar-refractivity contribution in [1.29, 1.82) is 0 Å². The Kier molecular flexibility index (Phi) is 11.5. The normalized spacial score (nSPS) is 14.2. The lowest BCUT2D eigenvalue weighted by Gasteiger charge is -2.34. The fourth-order valence-corrected chi connectivity index (χ4v) is 7.21. The molecule has 236 valence electrons. The van der Waals surface area contributed by atoms with Crippen molar-refractivity contribution in [2.75, 3.05) is 17.5 Å². The number of anilines is 1. The average molecular weight is 665 g/mol. The summed E-state index contributed by atoms with van der Waals surface area (Å²) in [5.41, 5.74) is 0.506. The maximum Gasteiger partial charge on any atom is 0.264 e. The van der Waals surface area contributed by atoms with Crippen LogP contribution in [-0.2, 0) is 26.2 Å². The zero-order chi connectivity index (χ0) is 31.9. The molecule has 0 spiro atoms. The molecule has 1 atom stereocenters. The van der Waals surface area contributed by atoms with Crippen LogP contribution in [0, 0.1) is 5.82 Å². The molecule has 44 heavy (non-hydrogen) atoms. The largest absolute Gasteiger partial charge is 0.494 e. The van der Waals surface area contributed by atoms with Gasteiger partial charge in [0, 0.05) is 28.2 Å². The lowest BCUT2D eigenvalue weighted by atomic mass is 10.1. The number of nitrogens with one attached hydrogen (secondary N) is 1. The highest BCUT2D eigenvalue weighted by Crippen LogP contribution is 2.29. The molecule has 4 rings (SSSR count). The van der Waals surface area contributed by atoms with E-state index < -0.39 is 34.3 Å². The van der Waals surface area contributed by atoms with Crippen LogP contribution in [0.2, 0.25) is 10.0 Å². The van der Waals surface area contributed by atoms with Crippen molar-refractivity contribution in [2.45, 2.75) is 69.5 Å². The van der Waals surface area contributed by atoms with E-state index >= 15 is 0 Å². The second kappa shape index (κ2) is 15.1. The number of amides is 2. The van der Waals surface area contributed by atoms with E-state index in [1.54, 1.807) is 25.1 Å². The third-order valence-corrected chi connectivity index (χ3v) is 10.1. The Hall–Kier alpha value is -3.34. The Bertz CT molecular complexity index is 1530. The minimum Gasteiger partial charge on any atom is -0.494 e. The number of hydrogen-bond donors (Lipinski definition) is 1. The Morgan fingerprint density at radius 1 is 0.977 bits per heavy atom. The zero-order valence-electron chi connectivity index (χ0n) is 24.6. The topological polar surface area (TPSA) is 96.0 Å². The van der Waals surface area contributed by atoms with Crippen LogP contribution in [0.3, 0.4) is 0 Å². The van der Waals surface area contributed by atoms with Crippen molar-refractivity contribution >= 4 is 50.7 Å². The van der Waals surface area contributed by atoms with Gasteiger partial charge < -0.3 is 15.0 Å². The quantitative estimate of drug-likeness (QED) is 0.223. The Morgan fingerprint density at radius 2 is 1.59 bits per heavy atom. The van der Waals surface area contributed by atoms with E-state index in [1.165, 1.54) is 41.3 Å². The summed E-state index contributed by atoms with van der Waals surface area (Å²) in [6.45, 7) is 3.19. The number of ether oxygens (including phenoxy) is 1. The van der Waals surface area contributed by atoms with Crippen molar-refractivity contribution in [2.24, 2.45) is 0 Å². The predicted molar refractivity (Wildman–Crippen MR) is 170 cm³/mol. The van der Waals surface area contributed by atoms with E-state index in [9.17, 15) is 22.4 Å². The third-order valence-electron chi connectivity index (χ3n) is 7.59. The van der Waals surface area contributed by atoms with Crippen molar-refractivity contribution in [1.82, 2.24) is 10.2 Å². The van der Waals surface area contributed by atoms with Crippen molar-refractivity contribution in [3.05, 3.63) is 88.2 Å². The maximum absolute atomic E-state index is 14.2. The Labute approximate surface area is 268 Å². The van der Waals surface area contributed by atoms with Crippen molar-refractivity contribution in [3.8, 4) is 5.75 Å². The first kappa shape index (κ1) is 33.6. The minimum atomic E-state index is -4.33. The molecule has 1 saturated carbocycles. The molecule has 12 heteroatoms. The molecule has 1 fully saturated rings. The van der Waals surface area contributed by atoms with E-state index in [2.05, 4.69) is 5.32 Å². The summed E-state index contributed by atoms with van der Waals surface area (Å²) in [4.78, 5) is 29.0. The summed E-state index contributed by atoms with van der Waals surface area (Å²) in [5, 5.41) is 3.67. The molecule has 1 aliphatic rings. The van der Waals surface area contributed by atoms with Gasteiger partial charge in [-0.15, -0.1) is 0 Å². The summed E-state index contributed by atoms with van der Waals surface area (Å²) in [6, 6.07) is 14.6. The van der Waals surface area contributed by atoms with Gasteiger partial charge in [-0.3, -0.25) is 13.9 Å². The van der Waals surface area contributed by atoms with Crippen LogP contribution < -0.4 is 14.4 Å². The summed E-state index contributed by atoms with van der Waals surface area (Å²) in [7, 11) is -4.33. The summed E-state index contributed by atoms with van der Waals surface area (Å²) < 4.78 is 48.3. The highest BCUT2D eigenvalue weighted by atomic mass is 35.5. The fourth-order valence-electron chi connectivity index (χ4n) is 5.28. The van der Waals surface area contributed by atoms with Crippen molar-refractivity contribution in [3.63, 3.8) is 0 Å². The second-order valence-electron chi connectivity index (χ2n) is 10.5. The van der Waals surface area contributed by atoms with Gasteiger partial charge in [-0.2, -0.15) is 0 Å². The molecule has 0 aromatic heterocycles. The van der Waals surface area contributed by atoms with Crippen LogP contribution in [0.1, 0.15) is 51.5 Å². The van der Waals surface area contributed by atoms with Gasteiger partial charge in [-0.05, 0) is 86.8 Å². The van der Waals surface area contributed by atoms with Gasteiger partial charge in [0.25, 0.3) is 10.0 Å². The molecule has 0 bridgehead atoms. The number of nitrogens with zero attached hydrogens (tertiary/aromatic N) is 2. The molecule has 0 aliphatic heterocycles. The van der Waals surface area contributed by atoms with E-state index in [-0.39, 0.29) is 35.5 Å². The number of sulfonamides is 1. The first-order valence-corrected chi connectivity index (χ1v) is 16.8. The molecule has 8 nitrogen and oxygen atoms in total. The van der Waals surface area contributed by atoms with Crippen molar-refractivity contribution < 1.29 is 27.1 Å². The molecule has 1 aliphatic carbocycles. The van der Waals surface area contributed by atoms with Gasteiger partial charge >= 0.3 is 0 Å². The second-order valence-corrected chi connectivity index (χ2v) is 13.2. The predicted octanol–water partition coefficient (Wildman–Crippen LogP) is 6.59. The zero-order valence-corrected chi connectivity index (χ0v) is 27.0. The molecular formula is C32H36Cl2FN3O5S. The van der Waals surface area contributed by atoms with Gasteiger partial charge in [-0.1, -0.05) is 49.0 Å². The first-order valence-electron chi connectivity index (χ1n) is 14.6. The number of benzene rings is 3. The number of halogens is 3. The summed E-state index contributed by atoms with van der Waals surface area (Å²) in [5.74, 6) is -1.08. The SMILES string of the molecule is CCOc1ccc(S(=O)(=O)N(CC(=O)N(Cc2c(Cl)cccc2Cl)[C@H](CC)C(=O)NC2CCCC2)c2ccc(F)cc2)cc1. The Morgan fingerprint density at radius 3 is 2.16 bits per heavy atom. The highest BCUT2D eigenvalue weighted by molar-refractivity contribution is 7.92. The third kappa shape index (κ3) is 8.02. The summed E-state index contributed by atoms with van der Waals surface area (Å²) in [6.07, 6.45) is 3.98. The number of carbonyl (C=O) groups excluding carboxylic acids is 2. The lowest BCUT2D eigenvalue weighted by molar-refractivity contribution is -0.140. The Balaban J connectivity index is 1.73. The van der Waals surface area contributed by atoms with E-state index in [0.29, 0.717) is 28.0 Å². The molecule has 0 heterocycles. The van der Waals surface area contributed by atoms with Gasteiger partial charge in [0.2, 0.25) is 11.8 Å². The van der Waals surface area contributed by atoms with Gasteiger partial charge in [0.1, 0.15) is 24.2 Å². The van der Waals surface area contributed by atoms with Crippen LogP contribution in [0.5, 0.6) is 5.75 Å². The standard InChI is InChI=1S/C32H36Cl2FN3O5S/c1-3-30(32(40)36-23-8-5-6-9-23)37(20-27-28(33)10-7-11-29(27)34)31(39)21-38(24-14-12-22(35)13-15-24)44(41,42)26-18-16-25(17-19-26)43-4-2/h7,10-19,23,30H,3-6,8-9,20-21H2,1-2H3,(H,36,40)/t30-/m1/s1. The van der Waals surface area contributed by atoms with Crippen LogP contribution in [-0.4, -0.2) is 50.4 Å². The molecular weight excluding hydrogens is 628 g/mol. The number of rotatable bonds is 13. The number of carbonyl (C=O) groups is 2. The van der Waals surface area contributed by atoms with E-state index in [0.717, 1.165) is 42.1 Å². The fraction of sp³-hybridized carbons (Fsp3) is 0.375. The molecule has 1 N–H and O–H groups in total. The molecule has 0 saturated heterocycles. The smallest absolute Gasteiger partial charge is 0.264 e. The molecule has 0 radical (unpaired) electrons. The molecule has 3 aromatic rings. The van der Waals surface area contributed by atoms with Crippen LogP contribution in [0.25, 0.3) is 0 Å². The monoisotopic (exact) mass is 663 g/mol. The van der Waals surface area contributed by atoms with Gasteiger partial charge in [-0.25, -0.2) is 12.8 Å². The summed E-state index contributed by atoms with van der Waals surface area (Å²) >= 11 is 12.9. The van der Waals surface area contributed by atoms with Gasteiger partial charge in [0.05, 0.1) is 17.2 Å². The van der Waals surface area contributed by atoms with E-state index in [1.807, 2.05) is 6.92 Å². The number of hydrogen-bond acceptors (Lipinski definition) is 5.